The molecule has 146 valence electrons. The van der Waals surface area contributed by atoms with Crippen molar-refractivity contribution in [3.63, 3.8) is 0 Å². The number of quaternary nitrogens is 2. The minimum Gasteiger partial charge on any atom is -0.325 e. The summed E-state index contributed by atoms with van der Waals surface area (Å²) in [6, 6.07) is 12.6. The number of imide groups is 1. The summed E-state index contributed by atoms with van der Waals surface area (Å²) < 4.78 is 0. The summed E-state index contributed by atoms with van der Waals surface area (Å²) in [5.74, 6) is -0.200. The summed E-state index contributed by atoms with van der Waals surface area (Å²) in [7, 11) is 0. The monoisotopic (exact) mass is 400 g/mol. The summed E-state index contributed by atoms with van der Waals surface area (Å²) in [5.41, 5.74) is 1.74. The fourth-order valence-corrected chi connectivity index (χ4v) is 4.31. The molecule has 0 radical (unpaired) electrons. The van der Waals surface area contributed by atoms with Crippen LogP contribution in [0.3, 0.4) is 0 Å². The van der Waals surface area contributed by atoms with Gasteiger partial charge in [0.15, 0.2) is 6.04 Å². The van der Waals surface area contributed by atoms with Crippen LogP contribution in [0.15, 0.2) is 48.7 Å². The fourth-order valence-electron chi connectivity index (χ4n) is 4.19. The van der Waals surface area contributed by atoms with Crippen LogP contribution in [0.4, 0.5) is 5.69 Å². The van der Waals surface area contributed by atoms with Gasteiger partial charge in [-0.25, -0.2) is 4.90 Å². The Bertz CT molecular complexity index is 835. The van der Waals surface area contributed by atoms with Crippen LogP contribution in [-0.2, 0) is 16.0 Å². The number of benzene rings is 1. The van der Waals surface area contributed by atoms with E-state index in [1.807, 2.05) is 18.3 Å². The standard InChI is InChI=1S/C21H23ClN4O2/c22-16-4-6-18(7-5-16)26-20(27)15-19(21(26)28)25-13-11-24(12-14-25)10-8-17-3-1-2-9-23-17/h1-7,9,19H,8,10-15H2/p+2/t19-/m1/s1. The van der Waals surface area contributed by atoms with E-state index >= 15 is 0 Å². The normalized spacial score (nSPS) is 25.3. The zero-order chi connectivity index (χ0) is 19.5. The van der Waals surface area contributed by atoms with Crippen molar-refractivity contribution in [2.24, 2.45) is 0 Å². The van der Waals surface area contributed by atoms with Crippen LogP contribution in [-0.4, -0.2) is 55.6 Å². The molecule has 0 aliphatic carbocycles. The van der Waals surface area contributed by atoms with E-state index in [1.54, 1.807) is 29.2 Å². The molecular weight excluding hydrogens is 376 g/mol. The number of hydrogen-bond donors (Lipinski definition) is 2. The van der Waals surface area contributed by atoms with Crippen LogP contribution in [0.25, 0.3) is 0 Å². The third-order valence-electron chi connectivity index (χ3n) is 5.78. The minimum absolute atomic E-state index is 0.0840. The topological polar surface area (TPSA) is 59.2 Å². The molecular formula is C21H25ClN4O2+2. The number of piperazine rings is 1. The number of amides is 2. The Morgan fingerprint density at radius 3 is 2.46 bits per heavy atom. The second-order valence-corrected chi connectivity index (χ2v) is 7.97. The molecule has 2 N–H and O–H groups in total. The number of rotatable bonds is 5. The zero-order valence-corrected chi connectivity index (χ0v) is 16.5. The Morgan fingerprint density at radius 2 is 1.79 bits per heavy atom. The van der Waals surface area contributed by atoms with Gasteiger partial charge in [0.2, 0.25) is 5.91 Å². The largest absolute Gasteiger partial charge is 0.325 e. The van der Waals surface area contributed by atoms with E-state index in [0.717, 1.165) is 44.8 Å². The summed E-state index contributed by atoms with van der Waals surface area (Å²) in [6.45, 7) is 4.91. The van der Waals surface area contributed by atoms with Gasteiger partial charge in [0.25, 0.3) is 5.91 Å². The number of hydrogen-bond acceptors (Lipinski definition) is 3. The van der Waals surface area contributed by atoms with E-state index in [1.165, 1.54) is 9.80 Å². The number of carbonyl (C=O) groups is 2. The van der Waals surface area contributed by atoms with Crippen molar-refractivity contribution in [1.29, 1.82) is 0 Å². The van der Waals surface area contributed by atoms with Gasteiger partial charge in [-0.3, -0.25) is 14.6 Å². The number of pyridine rings is 1. The number of aromatic nitrogens is 1. The van der Waals surface area contributed by atoms with Crippen LogP contribution in [0.2, 0.25) is 5.02 Å². The van der Waals surface area contributed by atoms with Gasteiger partial charge in [-0.2, -0.15) is 0 Å². The molecule has 1 aromatic carbocycles. The van der Waals surface area contributed by atoms with Crippen LogP contribution in [0.5, 0.6) is 0 Å². The Labute approximate surface area is 169 Å². The van der Waals surface area contributed by atoms with Gasteiger partial charge < -0.3 is 9.80 Å². The molecule has 0 spiro atoms. The Kier molecular flexibility index (Phi) is 5.71. The lowest BCUT2D eigenvalue weighted by Gasteiger charge is -2.32. The highest BCUT2D eigenvalue weighted by Crippen LogP contribution is 2.23. The lowest BCUT2D eigenvalue weighted by Crippen LogP contribution is -3.30. The SMILES string of the molecule is O=C1C[C@@H]([NH+]2CC[NH+](CCc3ccccn3)CC2)C(=O)N1c1ccc(Cl)cc1. The second-order valence-electron chi connectivity index (χ2n) is 7.53. The molecule has 0 bridgehead atoms. The molecule has 2 aliphatic rings. The van der Waals surface area contributed by atoms with E-state index in [0.29, 0.717) is 17.1 Å². The third kappa shape index (κ3) is 4.09. The van der Waals surface area contributed by atoms with Crippen LogP contribution in [0.1, 0.15) is 12.1 Å². The summed E-state index contributed by atoms with van der Waals surface area (Å²) in [4.78, 5) is 33.9. The van der Waals surface area contributed by atoms with Gasteiger partial charge in [-0.15, -0.1) is 0 Å². The van der Waals surface area contributed by atoms with E-state index < -0.39 is 0 Å². The third-order valence-corrected chi connectivity index (χ3v) is 6.04. The molecule has 2 aromatic rings. The molecule has 7 heteroatoms. The fraction of sp³-hybridized carbons (Fsp3) is 0.381. The van der Waals surface area contributed by atoms with Gasteiger partial charge in [0, 0.05) is 23.3 Å². The lowest BCUT2D eigenvalue weighted by atomic mass is 10.1. The lowest BCUT2D eigenvalue weighted by molar-refractivity contribution is -1.02. The number of nitrogens with zero attached hydrogens (tertiary/aromatic N) is 2. The molecule has 3 heterocycles. The maximum Gasteiger partial charge on any atom is 0.292 e. The Morgan fingerprint density at radius 1 is 1.04 bits per heavy atom. The van der Waals surface area contributed by atoms with Crippen molar-refractivity contribution in [1.82, 2.24) is 4.98 Å². The molecule has 28 heavy (non-hydrogen) atoms. The molecule has 0 unspecified atom stereocenters. The Hall–Kier alpha value is -2.28. The molecule has 2 fully saturated rings. The predicted octanol–water partition coefficient (Wildman–Crippen LogP) is -0.607. The van der Waals surface area contributed by atoms with Gasteiger partial charge in [-0.1, -0.05) is 17.7 Å². The van der Waals surface area contributed by atoms with Crippen LogP contribution in [0, 0.1) is 0 Å². The predicted molar refractivity (Wildman–Crippen MR) is 107 cm³/mol. The van der Waals surface area contributed by atoms with Crippen LogP contribution < -0.4 is 14.7 Å². The molecule has 0 saturated carbocycles. The zero-order valence-electron chi connectivity index (χ0n) is 15.7. The first-order chi connectivity index (χ1) is 13.6. The van der Waals surface area contributed by atoms with Gasteiger partial charge >= 0.3 is 0 Å². The average Bonchev–Trinajstić information content (AvgIpc) is 3.02. The van der Waals surface area contributed by atoms with E-state index in [9.17, 15) is 9.59 Å². The van der Waals surface area contributed by atoms with E-state index in [2.05, 4.69) is 11.1 Å². The highest BCUT2D eigenvalue weighted by molar-refractivity contribution is 6.30. The number of carbonyl (C=O) groups excluding carboxylic acids is 2. The first kappa shape index (κ1) is 19.1. The second kappa shape index (κ2) is 8.39. The molecule has 1 atom stereocenters. The maximum absolute atomic E-state index is 12.9. The Balaban J connectivity index is 1.32. The molecule has 2 aliphatic heterocycles. The average molecular weight is 401 g/mol. The first-order valence-corrected chi connectivity index (χ1v) is 10.2. The summed E-state index contributed by atoms with van der Waals surface area (Å²) in [5, 5.41) is 0.592. The highest BCUT2D eigenvalue weighted by Gasteiger charge is 2.46. The number of nitrogens with one attached hydrogen (secondary N) is 2. The summed E-state index contributed by atoms with van der Waals surface area (Å²) in [6.07, 6.45) is 3.10. The number of halogens is 1. The first-order valence-electron chi connectivity index (χ1n) is 9.82. The quantitative estimate of drug-likeness (QED) is 0.659. The van der Waals surface area contributed by atoms with Gasteiger partial charge in [0.1, 0.15) is 26.2 Å². The molecule has 6 nitrogen and oxygen atoms in total. The molecule has 1 aromatic heterocycles. The van der Waals surface area contributed by atoms with E-state index in [4.69, 9.17) is 11.6 Å². The van der Waals surface area contributed by atoms with E-state index in [-0.39, 0.29) is 17.9 Å². The van der Waals surface area contributed by atoms with Crippen molar-refractivity contribution in [3.05, 3.63) is 59.4 Å². The van der Waals surface area contributed by atoms with Crippen molar-refractivity contribution in [2.45, 2.75) is 18.9 Å². The molecule has 4 rings (SSSR count). The highest BCUT2D eigenvalue weighted by atomic mass is 35.5. The smallest absolute Gasteiger partial charge is 0.292 e. The van der Waals surface area contributed by atoms with Gasteiger partial charge in [0.05, 0.1) is 18.7 Å². The summed E-state index contributed by atoms with van der Waals surface area (Å²) >= 11 is 5.92. The number of anilines is 1. The minimum atomic E-state index is -0.263. The van der Waals surface area contributed by atoms with Gasteiger partial charge in [-0.05, 0) is 36.4 Å². The van der Waals surface area contributed by atoms with Crippen molar-refractivity contribution < 1.29 is 19.4 Å². The van der Waals surface area contributed by atoms with Crippen LogP contribution >= 0.6 is 11.6 Å². The van der Waals surface area contributed by atoms with Crippen molar-refractivity contribution in [2.75, 3.05) is 37.6 Å². The molecule has 2 amide bonds. The van der Waals surface area contributed by atoms with Crippen molar-refractivity contribution >= 4 is 29.1 Å². The maximum atomic E-state index is 12.9. The molecule has 2 saturated heterocycles. The van der Waals surface area contributed by atoms with Crippen molar-refractivity contribution in [3.8, 4) is 0 Å².